The highest BCUT2D eigenvalue weighted by Crippen LogP contribution is 2.38. The predicted octanol–water partition coefficient (Wildman–Crippen LogP) is 3.47. The number of alkyl halides is 1. The Bertz CT molecular complexity index is 1120. The molecular weight excluding hydrogens is 405 g/mol. The van der Waals surface area contributed by atoms with Gasteiger partial charge in [0.1, 0.15) is 5.69 Å². The summed E-state index contributed by atoms with van der Waals surface area (Å²) in [5.74, 6) is 4.71. The van der Waals surface area contributed by atoms with Crippen LogP contribution in [0.5, 0.6) is 0 Å². The smallest absolute Gasteiger partial charge is 0.272 e. The van der Waals surface area contributed by atoms with E-state index in [0.29, 0.717) is 18.4 Å². The molecule has 1 fully saturated rings. The minimum absolute atomic E-state index is 0.0614. The molecule has 0 bridgehead atoms. The molecule has 1 amide bonds. The average Bonchev–Trinajstić information content (AvgIpc) is 3.09. The Hall–Kier alpha value is -3.42. The van der Waals surface area contributed by atoms with Gasteiger partial charge in [-0.1, -0.05) is 35.7 Å². The molecule has 2 aliphatic rings. The first-order valence-corrected chi connectivity index (χ1v) is 9.79. The first-order valence-electron chi connectivity index (χ1n) is 9.42. The number of hydrogen-bond donors (Lipinski definition) is 1. The quantitative estimate of drug-likeness (QED) is 0.770. The van der Waals surface area contributed by atoms with Crippen LogP contribution in [0.2, 0.25) is 5.02 Å². The molecule has 1 aliphatic heterocycles. The number of halogens is 2. The zero-order valence-electron chi connectivity index (χ0n) is 15.8. The first-order chi connectivity index (χ1) is 14.5. The molecule has 2 unspecified atom stereocenters. The zero-order valence-corrected chi connectivity index (χ0v) is 16.6. The Kier molecular flexibility index (Phi) is 5.39. The molecule has 1 saturated carbocycles. The number of hydrogen-bond acceptors (Lipinski definition) is 4. The van der Waals surface area contributed by atoms with Gasteiger partial charge in [0.05, 0.1) is 29.2 Å². The van der Waals surface area contributed by atoms with Crippen LogP contribution in [0.3, 0.4) is 0 Å². The van der Waals surface area contributed by atoms with Gasteiger partial charge in [-0.05, 0) is 43.0 Å². The molecule has 8 heteroatoms. The topological polar surface area (TPSA) is 83.1 Å². The number of nitriles is 1. The third-order valence-electron chi connectivity index (χ3n) is 5.11. The number of carbonyl (C=O) groups excluding carboxylic acids is 1. The van der Waals surface area contributed by atoms with Crippen molar-refractivity contribution in [3.05, 3.63) is 65.0 Å². The zero-order chi connectivity index (χ0) is 21.1. The summed E-state index contributed by atoms with van der Waals surface area (Å²) in [6.07, 6.45) is 5.45. The molecule has 1 aromatic carbocycles. The highest BCUT2D eigenvalue weighted by Gasteiger charge is 2.40. The number of benzene rings is 1. The molecule has 0 radical (unpaired) electrons. The number of carbonyl (C=O) groups is 1. The van der Waals surface area contributed by atoms with Crippen molar-refractivity contribution in [3.63, 3.8) is 0 Å². The maximum Gasteiger partial charge on any atom is 0.272 e. The number of nitrogens with zero attached hydrogens (tertiary/aromatic N) is 4. The Labute approximate surface area is 178 Å². The van der Waals surface area contributed by atoms with Gasteiger partial charge in [0, 0.05) is 11.8 Å². The Morgan fingerprint density at radius 3 is 2.83 bits per heavy atom. The number of allylic oxidation sites excluding steroid dienone is 1. The summed E-state index contributed by atoms with van der Waals surface area (Å²) in [4.78, 5) is 17.0. The molecule has 1 aromatic heterocycles. The molecule has 4 rings (SSSR count). The van der Waals surface area contributed by atoms with Crippen LogP contribution in [-0.4, -0.2) is 33.7 Å². The summed E-state index contributed by atoms with van der Waals surface area (Å²) in [5.41, 5.74) is -1.40. The van der Waals surface area contributed by atoms with E-state index in [1.165, 1.54) is 29.2 Å². The van der Waals surface area contributed by atoms with Gasteiger partial charge in [-0.25, -0.2) is 4.39 Å². The molecule has 0 spiro atoms. The van der Waals surface area contributed by atoms with Gasteiger partial charge in [-0.15, -0.1) is 0 Å². The van der Waals surface area contributed by atoms with Crippen LogP contribution in [0.25, 0.3) is 0 Å². The molecular formula is C22H17ClFN5O. The number of aliphatic imine (C=N–C) groups is 1. The second kappa shape index (κ2) is 8.14. The number of rotatable bonds is 3. The van der Waals surface area contributed by atoms with Crippen molar-refractivity contribution in [2.24, 2.45) is 10.9 Å². The summed E-state index contributed by atoms with van der Waals surface area (Å²) >= 11 is 6.18. The van der Waals surface area contributed by atoms with Gasteiger partial charge in [-0.3, -0.25) is 14.5 Å². The average molecular weight is 422 g/mol. The van der Waals surface area contributed by atoms with Crippen molar-refractivity contribution >= 4 is 23.7 Å². The summed E-state index contributed by atoms with van der Waals surface area (Å²) < 4.78 is 17.1. The van der Waals surface area contributed by atoms with E-state index in [9.17, 15) is 4.79 Å². The van der Waals surface area contributed by atoms with E-state index in [1.807, 2.05) is 18.2 Å². The number of aromatic nitrogens is 2. The van der Waals surface area contributed by atoms with Gasteiger partial charge in [0.25, 0.3) is 5.91 Å². The Morgan fingerprint density at radius 1 is 1.33 bits per heavy atom. The normalized spacial score (nSPS) is 26.8. The molecule has 6 nitrogen and oxygen atoms in total. The van der Waals surface area contributed by atoms with Crippen LogP contribution in [0.4, 0.5) is 4.39 Å². The molecule has 30 heavy (non-hydrogen) atoms. The third kappa shape index (κ3) is 3.85. The van der Waals surface area contributed by atoms with Gasteiger partial charge in [0.15, 0.2) is 6.17 Å². The molecule has 1 N–H and O–H groups in total. The largest absolute Gasteiger partial charge is 0.325 e. The van der Waals surface area contributed by atoms with Gasteiger partial charge >= 0.3 is 0 Å². The van der Waals surface area contributed by atoms with Crippen LogP contribution < -0.4 is 5.32 Å². The first kappa shape index (κ1) is 19.9. The minimum atomic E-state index is -2.18. The molecule has 2 atom stereocenters. The highest BCUT2D eigenvalue weighted by atomic mass is 35.5. The molecule has 2 heterocycles. The standard InChI is InChI=1S/C22H17ClFN5O/c23-18-14-27-29(17-11-16(12-17)13-25)19(18)20(30)28-21-22(24,8-4-10-26-21)9-7-15-5-2-1-3-6-15/h1-6,8,10,14,16-17,21H,11-12H2,(H,28,30). The van der Waals surface area contributed by atoms with Crippen LogP contribution >= 0.6 is 11.6 Å². The SMILES string of the molecule is N#CC1CC(n2ncc(Cl)c2C(=O)NC2N=CC=CC2(F)C#Cc2ccccc2)C1. The maximum absolute atomic E-state index is 15.6. The van der Waals surface area contributed by atoms with E-state index in [4.69, 9.17) is 16.9 Å². The molecule has 150 valence electrons. The van der Waals surface area contributed by atoms with Crippen molar-refractivity contribution in [3.8, 4) is 17.9 Å². The fourth-order valence-corrected chi connectivity index (χ4v) is 3.59. The van der Waals surface area contributed by atoms with Gasteiger partial charge < -0.3 is 5.32 Å². The minimum Gasteiger partial charge on any atom is -0.325 e. The lowest BCUT2D eigenvalue weighted by Gasteiger charge is -2.32. The summed E-state index contributed by atoms with van der Waals surface area (Å²) in [6, 6.07) is 11.1. The third-order valence-corrected chi connectivity index (χ3v) is 5.38. The molecule has 2 aromatic rings. The maximum atomic E-state index is 15.6. The van der Waals surface area contributed by atoms with E-state index in [-0.39, 0.29) is 22.7 Å². The second-order valence-corrected chi connectivity index (χ2v) is 7.56. The number of nitrogens with one attached hydrogen (secondary N) is 1. The Balaban J connectivity index is 1.55. The Morgan fingerprint density at radius 2 is 2.10 bits per heavy atom. The fourth-order valence-electron chi connectivity index (χ4n) is 3.38. The van der Waals surface area contributed by atoms with E-state index in [2.05, 4.69) is 33.3 Å². The number of dihydropyridines is 1. The lowest BCUT2D eigenvalue weighted by molar-refractivity contribution is 0.0881. The highest BCUT2D eigenvalue weighted by molar-refractivity contribution is 6.33. The summed E-state index contributed by atoms with van der Waals surface area (Å²) in [6.45, 7) is 0. The van der Waals surface area contributed by atoms with E-state index >= 15 is 4.39 Å². The summed E-state index contributed by atoms with van der Waals surface area (Å²) in [5, 5.41) is 15.9. The van der Waals surface area contributed by atoms with E-state index in [0.717, 1.165) is 0 Å². The van der Waals surface area contributed by atoms with Crippen LogP contribution in [0, 0.1) is 29.1 Å². The van der Waals surface area contributed by atoms with E-state index in [1.54, 1.807) is 12.1 Å². The van der Waals surface area contributed by atoms with Crippen molar-refractivity contribution in [1.82, 2.24) is 15.1 Å². The van der Waals surface area contributed by atoms with Crippen LogP contribution in [0.1, 0.15) is 34.9 Å². The lowest BCUT2D eigenvalue weighted by atomic mass is 9.81. The van der Waals surface area contributed by atoms with Gasteiger partial charge in [0.2, 0.25) is 5.67 Å². The predicted molar refractivity (Wildman–Crippen MR) is 111 cm³/mol. The fraction of sp³-hybridized carbons (Fsp3) is 0.273. The van der Waals surface area contributed by atoms with Gasteiger partial charge in [-0.2, -0.15) is 10.4 Å². The summed E-state index contributed by atoms with van der Waals surface area (Å²) in [7, 11) is 0. The van der Waals surface area contributed by atoms with Crippen molar-refractivity contribution in [2.45, 2.75) is 30.7 Å². The van der Waals surface area contributed by atoms with Crippen LogP contribution in [0.15, 0.2) is 53.7 Å². The molecule has 0 saturated heterocycles. The van der Waals surface area contributed by atoms with Crippen molar-refractivity contribution in [2.75, 3.05) is 0 Å². The molecule has 1 aliphatic carbocycles. The lowest BCUT2D eigenvalue weighted by Crippen LogP contribution is -2.49. The van der Waals surface area contributed by atoms with Crippen LogP contribution in [-0.2, 0) is 0 Å². The second-order valence-electron chi connectivity index (χ2n) is 7.15. The van der Waals surface area contributed by atoms with Crippen molar-refractivity contribution < 1.29 is 9.18 Å². The van der Waals surface area contributed by atoms with E-state index < -0.39 is 17.7 Å². The number of amides is 1. The monoisotopic (exact) mass is 421 g/mol. The van der Waals surface area contributed by atoms with Crippen molar-refractivity contribution in [1.29, 1.82) is 5.26 Å².